The van der Waals surface area contributed by atoms with E-state index in [1.807, 2.05) is 13.8 Å². The number of fused-ring (bicyclic) bond motifs is 2. The third-order valence-corrected chi connectivity index (χ3v) is 10.9. The highest BCUT2D eigenvalue weighted by Gasteiger charge is 2.39. The van der Waals surface area contributed by atoms with Crippen molar-refractivity contribution in [2.45, 2.75) is 70.9 Å². The van der Waals surface area contributed by atoms with Gasteiger partial charge >= 0.3 is 12.2 Å². The van der Waals surface area contributed by atoms with E-state index < -0.39 is 43.5 Å². The van der Waals surface area contributed by atoms with Crippen LogP contribution in [0.4, 0.5) is 33.6 Å². The van der Waals surface area contributed by atoms with Crippen LogP contribution in [0.5, 0.6) is 6.01 Å². The first-order chi connectivity index (χ1) is 24.2. The summed E-state index contributed by atoms with van der Waals surface area (Å²) in [5.74, 6) is -1.21. The fourth-order valence-electron chi connectivity index (χ4n) is 6.89. The number of methoxy groups -OCH3 is 1. The highest BCUT2D eigenvalue weighted by atomic mass is 31.2. The van der Waals surface area contributed by atoms with Crippen LogP contribution in [0.25, 0.3) is 22.3 Å². The lowest BCUT2D eigenvalue weighted by Crippen LogP contribution is -2.38. The van der Waals surface area contributed by atoms with E-state index in [0.29, 0.717) is 45.3 Å². The maximum atomic E-state index is 16.0. The number of aryl methyl sites for hydroxylation is 1. The molecule has 18 heteroatoms. The molecule has 3 aliphatic heterocycles. The van der Waals surface area contributed by atoms with Gasteiger partial charge in [-0.2, -0.15) is 23.1 Å². The van der Waals surface area contributed by atoms with Crippen molar-refractivity contribution in [2.75, 3.05) is 70.3 Å². The largest absolute Gasteiger partial charge is 0.467 e. The van der Waals surface area contributed by atoms with E-state index in [9.17, 15) is 22.4 Å². The van der Waals surface area contributed by atoms with Crippen LogP contribution in [0.2, 0.25) is 0 Å². The van der Waals surface area contributed by atoms with Crippen LogP contribution < -0.4 is 15.4 Å². The van der Waals surface area contributed by atoms with Gasteiger partial charge in [-0.25, -0.2) is 13.8 Å². The van der Waals surface area contributed by atoms with Crippen molar-refractivity contribution in [1.29, 1.82) is 0 Å². The van der Waals surface area contributed by atoms with Gasteiger partial charge in [0.1, 0.15) is 34.7 Å². The monoisotopic (exact) mass is 742 g/mol. The van der Waals surface area contributed by atoms with Gasteiger partial charge in [-0.3, -0.25) is 14.7 Å². The Balaban J connectivity index is 0.000000480. The molecule has 51 heavy (non-hydrogen) atoms. The van der Waals surface area contributed by atoms with Gasteiger partial charge in [0.05, 0.1) is 37.4 Å². The first-order valence-electron chi connectivity index (χ1n) is 16.9. The van der Waals surface area contributed by atoms with Gasteiger partial charge in [0, 0.05) is 45.0 Å². The second kappa shape index (κ2) is 16.4. The van der Waals surface area contributed by atoms with Crippen LogP contribution in [-0.4, -0.2) is 114 Å². The molecule has 0 saturated carbocycles. The van der Waals surface area contributed by atoms with Crippen LogP contribution in [0.15, 0.2) is 12.3 Å². The van der Waals surface area contributed by atoms with Crippen molar-refractivity contribution >= 4 is 36.8 Å². The standard InChI is InChI=1S/C26H32F4N7O4P.C7H12FN/c1-6-40-42(41-7-2)13-18(38)37-9-8-15(12-37)36(4)24-16-11-32-23(20(27)21(16)34-25(35-24)39-5)22-19(26(28,29)30)14(3)10-17(31)33-22;8-6-4-7-2-1-3-9(7)5-6/h10-11,15H,6-9,12-13H2,1-5H3,(H2,31,33);6-7H,1-5H2. The van der Waals surface area contributed by atoms with Gasteiger partial charge in [-0.15, -0.1) is 0 Å². The number of nitrogen functional groups attached to an aromatic ring is 1. The summed E-state index contributed by atoms with van der Waals surface area (Å²) >= 11 is 0. The summed E-state index contributed by atoms with van der Waals surface area (Å²) in [5, 5.41) is 0.148. The maximum Gasteiger partial charge on any atom is 0.418 e. The minimum Gasteiger partial charge on any atom is -0.467 e. The number of likely N-dealkylation sites (N-methyl/N-ethyl adjacent to an activating group) is 1. The molecular formula is C33H44F5N8O4P. The summed E-state index contributed by atoms with van der Waals surface area (Å²) in [7, 11) is 1.68. The summed E-state index contributed by atoms with van der Waals surface area (Å²) in [6.45, 7) is 8.45. The Morgan fingerprint density at radius 1 is 1.10 bits per heavy atom. The Bertz CT molecular complexity index is 1690. The first-order valence-corrected chi connectivity index (χ1v) is 18.3. The second-order valence-electron chi connectivity index (χ2n) is 12.6. The quantitative estimate of drug-likeness (QED) is 0.201. The number of carbonyl (C=O) groups is 1. The number of hydrogen-bond donors (Lipinski definition) is 1. The number of likely N-dealkylation sites (tertiary alicyclic amines) is 1. The highest BCUT2D eigenvalue weighted by Crippen LogP contribution is 2.41. The van der Waals surface area contributed by atoms with Crippen molar-refractivity contribution in [3.8, 4) is 17.4 Å². The predicted molar refractivity (Wildman–Crippen MR) is 184 cm³/mol. The second-order valence-corrected chi connectivity index (χ2v) is 14.1. The van der Waals surface area contributed by atoms with Gasteiger partial charge in [-0.1, -0.05) is 0 Å². The Morgan fingerprint density at radius 2 is 1.82 bits per heavy atom. The molecule has 1 amide bonds. The van der Waals surface area contributed by atoms with Crippen LogP contribution in [-0.2, 0) is 20.0 Å². The molecule has 280 valence electrons. The Labute approximate surface area is 294 Å². The molecule has 0 spiro atoms. The number of halogens is 5. The molecule has 3 fully saturated rings. The van der Waals surface area contributed by atoms with Crippen molar-refractivity contribution in [3.63, 3.8) is 0 Å². The fraction of sp³-hybridized carbons (Fsp3) is 0.606. The van der Waals surface area contributed by atoms with E-state index in [2.05, 4.69) is 24.8 Å². The van der Waals surface area contributed by atoms with E-state index in [1.165, 1.54) is 33.1 Å². The number of pyridine rings is 2. The van der Waals surface area contributed by atoms with E-state index in [4.69, 9.17) is 19.5 Å². The van der Waals surface area contributed by atoms with Crippen LogP contribution in [0.3, 0.4) is 0 Å². The van der Waals surface area contributed by atoms with E-state index in [-0.39, 0.29) is 52.2 Å². The molecule has 3 atom stereocenters. The maximum absolute atomic E-state index is 16.0. The normalized spacial score (nSPS) is 20.5. The number of ether oxygens (including phenoxy) is 1. The highest BCUT2D eigenvalue weighted by molar-refractivity contribution is 7.48. The number of alkyl halides is 4. The summed E-state index contributed by atoms with van der Waals surface area (Å²) in [6.07, 6.45) is -0.0992. The molecule has 6 heterocycles. The average Bonchev–Trinajstić information content (AvgIpc) is 3.81. The van der Waals surface area contributed by atoms with Gasteiger partial charge in [0.2, 0.25) is 5.91 Å². The summed E-state index contributed by atoms with van der Waals surface area (Å²) < 4.78 is 86.7. The smallest absolute Gasteiger partial charge is 0.418 e. The predicted octanol–water partition coefficient (Wildman–Crippen LogP) is 5.76. The molecule has 0 radical (unpaired) electrons. The Hall–Kier alpha value is -3.53. The summed E-state index contributed by atoms with van der Waals surface area (Å²) in [5.41, 5.74) is 2.66. The number of rotatable bonds is 10. The zero-order valence-electron chi connectivity index (χ0n) is 29.3. The van der Waals surface area contributed by atoms with E-state index >= 15 is 4.39 Å². The minimum absolute atomic E-state index is 0.105. The molecule has 6 rings (SSSR count). The molecule has 3 saturated heterocycles. The van der Waals surface area contributed by atoms with Crippen molar-refractivity contribution in [3.05, 3.63) is 29.2 Å². The molecule has 3 unspecified atom stereocenters. The Kier molecular flexibility index (Phi) is 12.5. The number of anilines is 2. The molecule has 3 aromatic heterocycles. The molecule has 0 aromatic carbocycles. The molecule has 3 aliphatic rings. The average molecular weight is 743 g/mol. The minimum atomic E-state index is -4.84. The van der Waals surface area contributed by atoms with Gasteiger partial charge in [-0.05, 0) is 64.6 Å². The summed E-state index contributed by atoms with van der Waals surface area (Å²) in [6, 6.07) is 1.27. The number of nitrogens with zero attached hydrogens (tertiary/aromatic N) is 7. The number of nitrogens with two attached hydrogens (primary N) is 1. The zero-order chi connectivity index (χ0) is 37.0. The molecule has 3 aromatic rings. The first kappa shape index (κ1) is 38.7. The van der Waals surface area contributed by atoms with Crippen molar-refractivity contribution < 1.29 is 40.5 Å². The number of aromatic nitrogens is 4. The number of hydrogen-bond acceptors (Lipinski definition) is 11. The van der Waals surface area contributed by atoms with Gasteiger partial charge in [0.15, 0.2) is 14.2 Å². The third-order valence-electron chi connectivity index (χ3n) is 9.24. The third kappa shape index (κ3) is 8.75. The topological polar surface area (TPSA) is 132 Å². The number of amides is 1. The zero-order valence-corrected chi connectivity index (χ0v) is 30.2. The molecule has 0 aliphatic carbocycles. The van der Waals surface area contributed by atoms with Gasteiger partial charge < -0.3 is 29.3 Å². The van der Waals surface area contributed by atoms with E-state index in [1.54, 1.807) is 16.8 Å². The lowest BCUT2D eigenvalue weighted by molar-refractivity contribution is -0.137. The molecular weight excluding hydrogens is 698 g/mol. The van der Waals surface area contributed by atoms with Crippen LogP contribution in [0, 0.1) is 12.7 Å². The number of carbonyl (C=O) groups excluding carboxylic acids is 1. The summed E-state index contributed by atoms with van der Waals surface area (Å²) in [4.78, 5) is 35.0. The SMILES string of the molecule is CCOP(CC(=O)N1CCC(N(C)c2nc(OC)nc3c(F)c(-c4nc(N)cc(C)c4C(F)(F)F)ncc23)C1)OCC.FC1CC2CCCN2C1. The fourth-order valence-corrected chi connectivity index (χ4v) is 8.14. The van der Waals surface area contributed by atoms with Crippen molar-refractivity contribution in [2.24, 2.45) is 0 Å². The molecule has 12 nitrogen and oxygen atoms in total. The van der Waals surface area contributed by atoms with E-state index in [0.717, 1.165) is 19.0 Å². The lowest BCUT2D eigenvalue weighted by Gasteiger charge is -2.27. The molecule has 2 N–H and O–H groups in total. The molecule has 0 bridgehead atoms. The van der Waals surface area contributed by atoms with Crippen LogP contribution >= 0.6 is 8.38 Å². The van der Waals surface area contributed by atoms with Gasteiger partial charge in [0.25, 0.3) is 0 Å². The Morgan fingerprint density at radius 3 is 2.47 bits per heavy atom. The van der Waals surface area contributed by atoms with Crippen LogP contribution in [0.1, 0.15) is 50.7 Å². The van der Waals surface area contributed by atoms with Crippen molar-refractivity contribution in [1.82, 2.24) is 29.7 Å². The lowest BCUT2D eigenvalue weighted by atomic mass is 10.0.